The van der Waals surface area contributed by atoms with E-state index in [2.05, 4.69) is 10.3 Å². The molecule has 1 aromatic heterocycles. The van der Waals surface area contributed by atoms with E-state index in [4.69, 9.17) is 0 Å². The highest BCUT2D eigenvalue weighted by Gasteiger charge is 2.25. The second-order valence-electron chi connectivity index (χ2n) is 5.06. The first-order valence-corrected chi connectivity index (χ1v) is 6.59. The molecule has 0 saturated carbocycles. The van der Waals surface area contributed by atoms with Crippen LogP contribution in [0.4, 0.5) is 0 Å². The van der Waals surface area contributed by atoms with Gasteiger partial charge in [-0.05, 0) is 38.9 Å². The smallest absolute Gasteiger partial charge is 0.168 e. The minimum Gasteiger partial charge on any atom is -0.358 e. The molecule has 2 N–H and O–H groups in total. The predicted molar refractivity (Wildman–Crippen MR) is 73.0 cm³/mol. The monoisotopic (exact) mass is 242 g/mol. The number of rotatable bonds is 2. The summed E-state index contributed by atoms with van der Waals surface area (Å²) in [7, 11) is 0. The molecular weight excluding hydrogens is 224 g/mol. The van der Waals surface area contributed by atoms with Crippen LogP contribution in [0, 0.1) is 12.8 Å². The number of piperidine rings is 1. The Morgan fingerprint density at radius 2 is 1.94 bits per heavy atom. The molecule has 0 unspecified atom stereocenters. The van der Waals surface area contributed by atoms with Crippen molar-refractivity contribution >= 4 is 16.7 Å². The number of hydrogen-bond acceptors (Lipinski definition) is 2. The van der Waals surface area contributed by atoms with Gasteiger partial charge in [-0.1, -0.05) is 18.2 Å². The van der Waals surface area contributed by atoms with E-state index in [1.807, 2.05) is 31.2 Å². The van der Waals surface area contributed by atoms with Gasteiger partial charge < -0.3 is 10.3 Å². The molecule has 1 fully saturated rings. The van der Waals surface area contributed by atoms with Crippen LogP contribution < -0.4 is 5.32 Å². The molecule has 3 nitrogen and oxygen atoms in total. The van der Waals surface area contributed by atoms with E-state index < -0.39 is 0 Å². The summed E-state index contributed by atoms with van der Waals surface area (Å²) in [6, 6.07) is 8.06. The fourth-order valence-electron chi connectivity index (χ4n) is 2.88. The van der Waals surface area contributed by atoms with Crippen LogP contribution in [0.25, 0.3) is 10.9 Å². The van der Waals surface area contributed by atoms with Gasteiger partial charge in [0, 0.05) is 28.1 Å². The first kappa shape index (κ1) is 11.5. The lowest BCUT2D eigenvalue weighted by Crippen LogP contribution is -2.32. The molecule has 1 aliphatic heterocycles. The Morgan fingerprint density at radius 3 is 2.72 bits per heavy atom. The van der Waals surface area contributed by atoms with Crippen LogP contribution >= 0.6 is 0 Å². The Labute approximate surface area is 107 Å². The van der Waals surface area contributed by atoms with Gasteiger partial charge in [-0.25, -0.2) is 0 Å². The summed E-state index contributed by atoms with van der Waals surface area (Å²) in [4.78, 5) is 16.0. The van der Waals surface area contributed by atoms with Crippen molar-refractivity contribution in [2.45, 2.75) is 19.8 Å². The summed E-state index contributed by atoms with van der Waals surface area (Å²) in [5.74, 6) is 0.496. The number of hydrogen-bond donors (Lipinski definition) is 2. The summed E-state index contributed by atoms with van der Waals surface area (Å²) in [5.41, 5.74) is 2.96. The third-order valence-electron chi connectivity index (χ3n) is 3.85. The third kappa shape index (κ3) is 1.85. The molecule has 3 heteroatoms. The summed E-state index contributed by atoms with van der Waals surface area (Å²) < 4.78 is 0. The number of aromatic nitrogens is 1. The van der Waals surface area contributed by atoms with Gasteiger partial charge in [0.05, 0.1) is 0 Å². The number of para-hydroxylation sites is 1. The highest BCUT2D eigenvalue weighted by atomic mass is 16.1. The van der Waals surface area contributed by atoms with E-state index >= 15 is 0 Å². The van der Waals surface area contributed by atoms with Crippen molar-refractivity contribution in [3.8, 4) is 0 Å². The Hall–Kier alpha value is -1.61. The van der Waals surface area contributed by atoms with Crippen LogP contribution in [0.2, 0.25) is 0 Å². The zero-order chi connectivity index (χ0) is 12.5. The van der Waals surface area contributed by atoms with Crippen molar-refractivity contribution in [2.75, 3.05) is 13.1 Å². The maximum absolute atomic E-state index is 12.6. The quantitative estimate of drug-likeness (QED) is 0.795. The Balaban J connectivity index is 2.02. The standard InChI is InChI=1S/C15H18N2O/c1-10-14(12-4-2-3-5-13(12)17-10)15(18)11-6-8-16-9-7-11/h2-5,11,16-17H,6-9H2,1H3. The first-order chi connectivity index (χ1) is 8.77. The van der Waals surface area contributed by atoms with E-state index in [0.717, 1.165) is 48.1 Å². The molecule has 1 aliphatic rings. The van der Waals surface area contributed by atoms with Crippen LogP contribution in [0.5, 0.6) is 0 Å². The zero-order valence-electron chi connectivity index (χ0n) is 10.6. The molecule has 0 bridgehead atoms. The Kier molecular flexibility index (Phi) is 2.92. The van der Waals surface area contributed by atoms with Crippen LogP contribution in [0.1, 0.15) is 28.9 Å². The van der Waals surface area contributed by atoms with Gasteiger partial charge in [0.2, 0.25) is 0 Å². The lowest BCUT2D eigenvalue weighted by molar-refractivity contribution is 0.0896. The van der Waals surface area contributed by atoms with Crippen molar-refractivity contribution in [1.29, 1.82) is 0 Å². The molecule has 3 rings (SSSR count). The molecule has 1 saturated heterocycles. The number of benzene rings is 1. The van der Waals surface area contributed by atoms with E-state index in [-0.39, 0.29) is 5.92 Å². The molecule has 0 amide bonds. The highest BCUT2D eigenvalue weighted by Crippen LogP contribution is 2.27. The molecule has 0 aliphatic carbocycles. The summed E-state index contributed by atoms with van der Waals surface area (Å²) in [6.07, 6.45) is 1.91. The predicted octanol–water partition coefficient (Wildman–Crippen LogP) is 2.66. The number of H-pyrrole nitrogens is 1. The van der Waals surface area contributed by atoms with E-state index in [1.165, 1.54) is 0 Å². The van der Waals surface area contributed by atoms with E-state index in [0.29, 0.717) is 5.78 Å². The van der Waals surface area contributed by atoms with E-state index in [9.17, 15) is 4.79 Å². The molecule has 94 valence electrons. The summed E-state index contributed by atoms with van der Waals surface area (Å²) in [5, 5.41) is 4.37. The van der Waals surface area contributed by atoms with Crippen molar-refractivity contribution in [1.82, 2.24) is 10.3 Å². The van der Waals surface area contributed by atoms with Gasteiger partial charge in [-0.2, -0.15) is 0 Å². The first-order valence-electron chi connectivity index (χ1n) is 6.59. The number of nitrogens with one attached hydrogen (secondary N) is 2. The summed E-state index contributed by atoms with van der Waals surface area (Å²) >= 11 is 0. The lowest BCUT2D eigenvalue weighted by Gasteiger charge is -2.21. The largest absolute Gasteiger partial charge is 0.358 e. The SMILES string of the molecule is Cc1[nH]c2ccccc2c1C(=O)C1CCNCC1. The molecular formula is C15H18N2O. The van der Waals surface area contributed by atoms with Crippen LogP contribution in [-0.4, -0.2) is 23.9 Å². The van der Waals surface area contributed by atoms with E-state index in [1.54, 1.807) is 0 Å². The molecule has 2 heterocycles. The molecule has 1 aromatic carbocycles. The van der Waals surface area contributed by atoms with Gasteiger partial charge >= 0.3 is 0 Å². The molecule has 0 atom stereocenters. The number of ketones is 1. The van der Waals surface area contributed by atoms with Crippen LogP contribution in [-0.2, 0) is 0 Å². The minimum absolute atomic E-state index is 0.184. The number of fused-ring (bicyclic) bond motifs is 1. The van der Waals surface area contributed by atoms with Gasteiger partial charge in [0.25, 0.3) is 0 Å². The van der Waals surface area contributed by atoms with Crippen LogP contribution in [0.15, 0.2) is 24.3 Å². The molecule has 0 radical (unpaired) electrons. The third-order valence-corrected chi connectivity index (χ3v) is 3.85. The van der Waals surface area contributed by atoms with Crippen LogP contribution in [0.3, 0.4) is 0 Å². The average molecular weight is 242 g/mol. The van der Waals surface area contributed by atoms with Gasteiger partial charge in [0.15, 0.2) is 5.78 Å². The number of carbonyl (C=O) groups is 1. The zero-order valence-corrected chi connectivity index (χ0v) is 10.6. The molecule has 0 spiro atoms. The topological polar surface area (TPSA) is 44.9 Å². The lowest BCUT2D eigenvalue weighted by atomic mass is 9.88. The maximum atomic E-state index is 12.6. The number of carbonyl (C=O) groups excluding carboxylic acids is 1. The number of Topliss-reactive ketones (excluding diaryl/α,β-unsaturated/α-hetero) is 1. The number of aryl methyl sites for hydroxylation is 1. The average Bonchev–Trinajstić information content (AvgIpc) is 2.75. The fourth-order valence-corrected chi connectivity index (χ4v) is 2.88. The maximum Gasteiger partial charge on any atom is 0.168 e. The fraction of sp³-hybridized carbons (Fsp3) is 0.400. The summed E-state index contributed by atoms with van der Waals surface area (Å²) in [6.45, 7) is 3.91. The Bertz CT molecular complexity index is 579. The second kappa shape index (κ2) is 4.58. The van der Waals surface area contributed by atoms with Gasteiger partial charge in [-0.15, -0.1) is 0 Å². The van der Waals surface area contributed by atoms with Crippen molar-refractivity contribution in [2.24, 2.45) is 5.92 Å². The van der Waals surface area contributed by atoms with Gasteiger partial charge in [-0.3, -0.25) is 4.79 Å². The molecule has 2 aromatic rings. The Morgan fingerprint density at radius 1 is 1.22 bits per heavy atom. The normalized spacial score (nSPS) is 17.2. The van der Waals surface area contributed by atoms with Gasteiger partial charge in [0.1, 0.15) is 0 Å². The second-order valence-corrected chi connectivity index (χ2v) is 5.06. The minimum atomic E-state index is 0.184. The van der Waals surface area contributed by atoms with Crippen molar-refractivity contribution in [3.05, 3.63) is 35.5 Å². The number of aromatic amines is 1. The molecule has 18 heavy (non-hydrogen) atoms. The van der Waals surface area contributed by atoms with Crippen molar-refractivity contribution in [3.63, 3.8) is 0 Å². The van der Waals surface area contributed by atoms with Crippen molar-refractivity contribution < 1.29 is 4.79 Å². The highest BCUT2D eigenvalue weighted by molar-refractivity contribution is 6.10.